The van der Waals surface area contributed by atoms with Gasteiger partial charge in [0.25, 0.3) is 5.91 Å². The summed E-state index contributed by atoms with van der Waals surface area (Å²) in [6.45, 7) is 2.01. The van der Waals surface area contributed by atoms with Crippen LogP contribution in [-0.4, -0.2) is 50.5 Å². The van der Waals surface area contributed by atoms with Crippen molar-refractivity contribution in [3.8, 4) is 0 Å². The van der Waals surface area contributed by atoms with Gasteiger partial charge in [-0.3, -0.25) is 9.59 Å². The van der Waals surface area contributed by atoms with Crippen molar-refractivity contribution in [1.29, 1.82) is 0 Å². The Morgan fingerprint density at radius 3 is 3.04 bits per heavy atom. The number of carbonyl (C=O) groups is 2. The molecule has 4 heterocycles. The van der Waals surface area contributed by atoms with Crippen LogP contribution in [0.4, 0.5) is 0 Å². The molecule has 25 heavy (non-hydrogen) atoms. The number of hydrogen-bond acceptors (Lipinski definition) is 6. The van der Waals surface area contributed by atoms with Gasteiger partial charge >= 0.3 is 0 Å². The van der Waals surface area contributed by atoms with Crippen LogP contribution in [0.1, 0.15) is 51.1 Å². The molecule has 2 aliphatic rings. The number of tetrazole rings is 1. The van der Waals surface area contributed by atoms with Gasteiger partial charge in [0.2, 0.25) is 5.91 Å². The zero-order valence-corrected chi connectivity index (χ0v) is 14.9. The number of fused-ring (bicyclic) bond motifs is 2. The van der Waals surface area contributed by atoms with Gasteiger partial charge in [-0.1, -0.05) is 6.42 Å². The van der Waals surface area contributed by atoms with E-state index in [1.807, 2.05) is 11.0 Å². The molecule has 0 aliphatic carbocycles. The molecule has 0 bridgehead atoms. The number of nitrogens with zero attached hydrogens (tertiary/aromatic N) is 5. The Kier molecular flexibility index (Phi) is 4.24. The quantitative estimate of drug-likeness (QED) is 0.861. The Labute approximate surface area is 149 Å². The number of nitrogens with one attached hydrogen (secondary N) is 1. The molecule has 0 radical (unpaired) electrons. The minimum atomic E-state index is -0.268. The lowest BCUT2D eigenvalue weighted by Crippen LogP contribution is -2.39. The van der Waals surface area contributed by atoms with E-state index in [0.29, 0.717) is 23.8 Å². The lowest BCUT2D eigenvalue weighted by Gasteiger charge is -2.29. The molecule has 2 aliphatic heterocycles. The summed E-state index contributed by atoms with van der Waals surface area (Å²) in [5.74, 6) is 0.442. The number of rotatable bonds is 2. The predicted octanol–water partition coefficient (Wildman–Crippen LogP) is 0.947. The van der Waals surface area contributed by atoms with Crippen LogP contribution in [-0.2, 0) is 24.3 Å². The third kappa shape index (κ3) is 2.92. The van der Waals surface area contributed by atoms with Crippen LogP contribution >= 0.6 is 11.3 Å². The number of amides is 2. The molecule has 2 amide bonds. The van der Waals surface area contributed by atoms with Crippen molar-refractivity contribution in [3.05, 3.63) is 27.2 Å². The Bertz CT molecular complexity index is 813. The molecular weight excluding hydrogens is 340 g/mol. The Morgan fingerprint density at radius 2 is 2.20 bits per heavy atom. The molecule has 0 saturated carbocycles. The average molecular weight is 360 g/mol. The normalized spacial score (nSPS) is 19.7. The number of hydrogen-bond donors (Lipinski definition) is 1. The zero-order valence-electron chi connectivity index (χ0n) is 14.1. The number of carbonyl (C=O) groups excluding carboxylic acids is 2. The lowest BCUT2D eigenvalue weighted by molar-refractivity contribution is -0.134. The first-order chi connectivity index (χ1) is 12.2. The highest BCUT2D eigenvalue weighted by atomic mass is 32.1. The molecule has 2 aromatic heterocycles. The van der Waals surface area contributed by atoms with Crippen LogP contribution in [0, 0.1) is 0 Å². The number of aryl methyl sites for hydroxylation is 1. The van der Waals surface area contributed by atoms with E-state index in [1.165, 1.54) is 16.2 Å². The predicted molar refractivity (Wildman–Crippen MR) is 91.2 cm³/mol. The maximum Gasteiger partial charge on any atom is 0.261 e. The first-order valence-corrected chi connectivity index (χ1v) is 9.37. The molecule has 1 N–H and O–H groups in total. The van der Waals surface area contributed by atoms with Gasteiger partial charge in [-0.05, 0) is 41.3 Å². The molecule has 4 rings (SSSR count). The van der Waals surface area contributed by atoms with Gasteiger partial charge in [-0.2, -0.15) is 0 Å². The van der Waals surface area contributed by atoms with Crippen LogP contribution < -0.4 is 5.32 Å². The molecule has 9 heteroatoms. The van der Waals surface area contributed by atoms with Crippen molar-refractivity contribution in [2.45, 2.75) is 44.7 Å². The van der Waals surface area contributed by atoms with Gasteiger partial charge in [-0.25, -0.2) is 4.68 Å². The Balaban J connectivity index is 1.55. The highest BCUT2D eigenvalue weighted by molar-refractivity contribution is 7.14. The smallest absolute Gasteiger partial charge is 0.261 e. The van der Waals surface area contributed by atoms with Crippen molar-refractivity contribution in [3.63, 3.8) is 0 Å². The Morgan fingerprint density at radius 1 is 1.32 bits per heavy atom. The summed E-state index contributed by atoms with van der Waals surface area (Å²) in [7, 11) is 1.63. The average Bonchev–Trinajstić information content (AvgIpc) is 3.22. The van der Waals surface area contributed by atoms with Gasteiger partial charge in [-0.15, -0.1) is 16.4 Å². The second-order valence-electron chi connectivity index (χ2n) is 6.46. The van der Waals surface area contributed by atoms with Gasteiger partial charge in [0.15, 0.2) is 5.82 Å². The van der Waals surface area contributed by atoms with E-state index in [2.05, 4.69) is 20.8 Å². The molecule has 0 aromatic carbocycles. The van der Waals surface area contributed by atoms with Crippen molar-refractivity contribution >= 4 is 23.2 Å². The summed E-state index contributed by atoms with van der Waals surface area (Å²) in [6, 6.07) is 1.91. The summed E-state index contributed by atoms with van der Waals surface area (Å²) in [5.41, 5.74) is 1.08. The van der Waals surface area contributed by atoms with E-state index >= 15 is 0 Å². The third-order valence-electron chi connectivity index (χ3n) is 4.91. The molecule has 0 spiro atoms. The summed E-state index contributed by atoms with van der Waals surface area (Å²) in [5, 5.41) is 14.5. The van der Waals surface area contributed by atoms with E-state index in [4.69, 9.17) is 0 Å². The fraction of sp³-hybridized carbons (Fsp3) is 0.562. The summed E-state index contributed by atoms with van der Waals surface area (Å²) < 4.78 is 1.76. The largest absolute Gasteiger partial charge is 0.354 e. The number of aromatic nitrogens is 4. The van der Waals surface area contributed by atoms with Crippen molar-refractivity contribution in [1.82, 2.24) is 30.4 Å². The van der Waals surface area contributed by atoms with Crippen LogP contribution in [0.5, 0.6) is 0 Å². The molecule has 8 nitrogen and oxygen atoms in total. The van der Waals surface area contributed by atoms with Crippen LogP contribution in [0.2, 0.25) is 0 Å². The van der Waals surface area contributed by atoms with Crippen LogP contribution in [0.25, 0.3) is 0 Å². The van der Waals surface area contributed by atoms with Crippen molar-refractivity contribution in [2.75, 3.05) is 13.6 Å². The summed E-state index contributed by atoms with van der Waals surface area (Å²) >= 11 is 1.52. The highest BCUT2D eigenvalue weighted by Gasteiger charge is 2.33. The van der Waals surface area contributed by atoms with E-state index in [9.17, 15) is 9.59 Å². The first-order valence-electron chi connectivity index (χ1n) is 8.56. The summed E-state index contributed by atoms with van der Waals surface area (Å²) in [4.78, 5) is 28.7. The van der Waals surface area contributed by atoms with Crippen molar-refractivity contribution in [2.24, 2.45) is 0 Å². The third-order valence-corrected chi connectivity index (χ3v) is 6.15. The molecule has 1 unspecified atom stereocenters. The van der Waals surface area contributed by atoms with E-state index < -0.39 is 0 Å². The molecule has 1 atom stereocenters. The van der Waals surface area contributed by atoms with Crippen LogP contribution in [0.3, 0.4) is 0 Å². The van der Waals surface area contributed by atoms with Gasteiger partial charge in [0, 0.05) is 31.6 Å². The fourth-order valence-electron chi connectivity index (χ4n) is 3.57. The summed E-state index contributed by atoms with van der Waals surface area (Å²) in [6.07, 6.45) is 3.56. The van der Waals surface area contributed by atoms with E-state index in [0.717, 1.165) is 37.8 Å². The molecular formula is C16H20N6O2S. The monoisotopic (exact) mass is 360 g/mol. The maximum absolute atomic E-state index is 13.1. The lowest BCUT2D eigenvalue weighted by atomic mass is 9.99. The molecule has 132 valence electrons. The molecule has 0 saturated heterocycles. The second kappa shape index (κ2) is 6.55. The maximum atomic E-state index is 13.1. The second-order valence-corrected chi connectivity index (χ2v) is 7.59. The Hall–Kier alpha value is -2.29. The SMILES string of the molecule is CNC(=O)c1cc2c(s1)CCN(C(=O)C1CCCCn3nnnc31)C2. The van der Waals surface area contributed by atoms with Gasteiger partial charge in [0.1, 0.15) is 0 Å². The van der Waals surface area contributed by atoms with Gasteiger partial charge in [0.05, 0.1) is 10.8 Å². The van der Waals surface area contributed by atoms with Crippen LogP contribution in [0.15, 0.2) is 6.07 Å². The van der Waals surface area contributed by atoms with E-state index in [-0.39, 0.29) is 17.7 Å². The number of thiophene rings is 1. The fourth-order valence-corrected chi connectivity index (χ4v) is 4.68. The standard InChI is InChI=1S/C16H20N6O2S/c1-17-15(23)13-8-10-9-21(7-5-12(10)25-13)16(24)11-4-2-3-6-22-14(11)18-19-20-22/h8,11H,2-7,9H2,1H3,(H,17,23). The van der Waals surface area contributed by atoms with E-state index in [1.54, 1.807) is 11.7 Å². The highest BCUT2D eigenvalue weighted by Crippen LogP contribution is 2.31. The van der Waals surface area contributed by atoms with Gasteiger partial charge < -0.3 is 10.2 Å². The van der Waals surface area contributed by atoms with Crippen molar-refractivity contribution < 1.29 is 9.59 Å². The zero-order chi connectivity index (χ0) is 17.4. The minimum absolute atomic E-state index is 0.0692. The topological polar surface area (TPSA) is 93.0 Å². The minimum Gasteiger partial charge on any atom is -0.354 e. The molecule has 2 aromatic rings. The molecule has 0 fully saturated rings. The first kappa shape index (κ1) is 16.2.